The van der Waals surface area contributed by atoms with Crippen molar-refractivity contribution in [1.29, 1.82) is 0 Å². The molecule has 4 aliphatic rings. The summed E-state index contributed by atoms with van der Waals surface area (Å²) in [4.78, 5) is 0. The molecule has 0 spiro atoms. The minimum Gasteiger partial charge on any atom is -0.393 e. The van der Waals surface area contributed by atoms with Crippen molar-refractivity contribution in [3.63, 3.8) is 0 Å². The predicted octanol–water partition coefficient (Wildman–Crippen LogP) is 11.4. The van der Waals surface area contributed by atoms with Gasteiger partial charge < -0.3 is 5.11 Å². The molecule has 0 heterocycles. The first-order valence-corrected chi connectivity index (χ1v) is 17.2. The zero-order valence-corrected chi connectivity index (χ0v) is 27.0. The van der Waals surface area contributed by atoms with Crippen LogP contribution in [0.3, 0.4) is 0 Å². The van der Waals surface area contributed by atoms with Gasteiger partial charge in [-0.25, -0.2) is 0 Å². The fourth-order valence-electron chi connectivity index (χ4n) is 9.61. The van der Waals surface area contributed by atoms with E-state index in [0.29, 0.717) is 10.8 Å². The molecule has 1 N–H and O–H groups in total. The van der Waals surface area contributed by atoms with Crippen LogP contribution in [0.1, 0.15) is 149 Å². The lowest BCUT2D eigenvalue weighted by Gasteiger charge is -2.61. The number of aliphatic hydroxyl groups excluding tert-OH is 1. The van der Waals surface area contributed by atoms with Crippen LogP contribution < -0.4 is 0 Å². The van der Waals surface area contributed by atoms with Crippen LogP contribution in [0.25, 0.3) is 6.08 Å². The fraction of sp³-hybridized carbons (Fsp3) is 0.789. The largest absolute Gasteiger partial charge is 0.393 e. The van der Waals surface area contributed by atoms with Crippen LogP contribution in [0.4, 0.5) is 0 Å². The van der Waals surface area contributed by atoms with E-state index in [2.05, 4.69) is 71.0 Å². The van der Waals surface area contributed by atoms with Gasteiger partial charge in [0.05, 0.1) is 6.10 Å². The highest BCUT2D eigenvalue weighted by atomic mass is 16.3. The van der Waals surface area contributed by atoms with Gasteiger partial charge in [0.25, 0.3) is 0 Å². The number of aryl methyl sites for hydroxylation is 1. The first kappa shape index (κ1) is 32.4. The summed E-state index contributed by atoms with van der Waals surface area (Å²) >= 11 is 0. The molecule has 1 aromatic carbocycles. The number of unbranched alkanes of at least 4 members (excludes halogenated alkanes) is 3. The normalized spacial score (nSPS) is 37.0. The highest BCUT2D eigenvalue weighted by Crippen LogP contribution is 2.67. The smallest absolute Gasteiger partial charge is 0.0543 e. The predicted molar refractivity (Wildman–Crippen MR) is 172 cm³/mol. The Morgan fingerprint density at radius 3 is 2.26 bits per heavy atom. The van der Waals surface area contributed by atoms with Crippen molar-refractivity contribution in [2.45, 2.75) is 151 Å². The molecule has 0 aromatic heterocycles. The first-order valence-electron chi connectivity index (χ1n) is 17.2. The van der Waals surface area contributed by atoms with Crippen molar-refractivity contribution < 1.29 is 5.11 Å². The van der Waals surface area contributed by atoms with E-state index in [-0.39, 0.29) is 6.10 Å². The Hall–Kier alpha value is -1.08. The van der Waals surface area contributed by atoms with Gasteiger partial charge in [-0.2, -0.15) is 0 Å². The number of hydrogen-bond acceptors (Lipinski definition) is 1. The van der Waals surface area contributed by atoms with Gasteiger partial charge >= 0.3 is 0 Å². The molecule has 222 valence electrons. The van der Waals surface area contributed by atoms with Crippen molar-refractivity contribution in [3.8, 4) is 0 Å². The van der Waals surface area contributed by atoms with E-state index in [1.165, 1.54) is 94.6 Å². The van der Waals surface area contributed by atoms with Gasteiger partial charge in [-0.3, -0.25) is 0 Å². The van der Waals surface area contributed by atoms with Crippen molar-refractivity contribution in [1.82, 2.24) is 0 Å². The van der Waals surface area contributed by atoms with Crippen LogP contribution in [0.5, 0.6) is 0 Å². The van der Waals surface area contributed by atoms with E-state index < -0.39 is 0 Å². The maximum atomic E-state index is 10.3. The summed E-state index contributed by atoms with van der Waals surface area (Å²) in [5.74, 6) is 4.55. The van der Waals surface area contributed by atoms with E-state index >= 15 is 0 Å². The minimum absolute atomic E-state index is 0.0211. The Morgan fingerprint density at radius 1 is 0.872 bits per heavy atom. The van der Waals surface area contributed by atoms with Crippen LogP contribution in [-0.4, -0.2) is 11.2 Å². The van der Waals surface area contributed by atoms with E-state index in [1.54, 1.807) is 0 Å². The van der Waals surface area contributed by atoms with Crippen molar-refractivity contribution >= 4 is 6.08 Å². The highest BCUT2D eigenvalue weighted by molar-refractivity contribution is 5.50. The molecule has 1 heteroatoms. The number of hydrogen-bond donors (Lipinski definition) is 1. The van der Waals surface area contributed by atoms with Crippen LogP contribution in [0.15, 0.2) is 30.3 Å². The average Bonchev–Trinajstić information content (AvgIpc) is 3.28. The standard InChI is InChI=1S/C30H44O.C6H14.C2H6/c1-21-7-6-9-22(19-21)8-4-5-10-23-12-14-27-26-13-11-24-20-25(31)15-17-30(24,3)28(26)16-18-29(23,27)2;1-3-5-6-4-2;1-2/h4,6-9,19,23-28,31H,5,10-18,20H2,1-3H3;3-6H2,1-2H3;1-2H3/b8-4+;;/t23-,24?,25+,26?,27?,28?,29?,30?;;/m0../s1. The molecule has 0 bridgehead atoms. The molecule has 1 aromatic rings. The molecule has 6 unspecified atom stereocenters. The molecule has 0 saturated heterocycles. The van der Waals surface area contributed by atoms with E-state index in [9.17, 15) is 5.11 Å². The van der Waals surface area contributed by atoms with Gasteiger partial charge in [0.2, 0.25) is 0 Å². The third kappa shape index (κ3) is 7.61. The van der Waals surface area contributed by atoms with Crippen LogP contribution in [-0.2, 0) is 0 Å². The van der Waals surface area contributed by atoms with Gasteiger partial charge in [0.15, 0.2) is 0 Å². The van der Waals surface area contributed by atoms with Gasteiger partial charge in [0, 0.05) is 0 Å². The number of aliphatic hydroxyl groups is 1. The second-order valence-corrected chi connectivity index (χ2v) is 14.0. The summed E-state index contributed by atoms with van der Waals surface area (Å²) in [5.41, 5.74) is 3.79. The second-order valence-electron chi connectivity index (χ2n) is 14.0. The molecular weight excluding hydrogens is 472 g/mol. The Kier molecular flexibility index (Phi) is 12.7. The van der Waals surface area contributed by atoms with Gasteiger partial charge in [-0.05, 0) is 124 Å². The zero-order chi connectivity index (χ0) is 28.5. The molecule has 4 saturated carbocycles. The molecule has 0 aliphatic heterocycles. The quantitative estimate of drug-likeness (QED) is 0.343. The Morgan fingerprint density at radius 2 is 1.56 bits per heavy atom. The maximum Gasteiger partial charge on any atom is 0.0543 e. The summed E-state index contributed by atoms with van der Waals surface area (Å²) in [6.07, 6.45) is 25.0. The van der Waals surface area contributed by atoms with Crippen molar-refractivity contribution in [3.05, 3.63) is 41.5 Å². The number of benzene rings is 1. The monoisotopic (exact) mass is 536 g/mol. The minimum atomic E-state index is -0.0211. The first-order chi connectivity index (χ1) is 18.8. The van der Waals surface area contributed by atoms with E-state index in [0.717, 1.165) is 42.4 Å². The average molecular weight is 537 g/mol. The number of rotatable bonds is 7. The molecule has 1 nitrogen and oxygen atoms in total. The van der Waals surface area contributed by atoms with Crippen LogP contribution in [0.2, 0.25) is 0 Å². The van der Waals surface area contributed by atoms with Crippen molar-refractivity contribution in [2.75, 3.05) is 0 Å². The van der Waals surface area contributed by atoms with Crippen molar-refractivity contribution in [2.24, 2.45) is 40.4 Å². The summed E-state index contributed by atoms with van der Waals surface area (Å²) < 4.78 is 0. The molecule has 0 radical (unpaired) electrons. The summed E-state index contributed by atoms with van der Waals surface area (Å²) in [7, 11) is 0. The molecule has 4 fully saturated rings. The van der Waals surface area contributed by atoms with Gasteiger partial charge in [-0.15, -0.1) is 0 Å². The molecular formula is C38H64O. The lowest BCUT2D eigenvalue weighted by molar-refractivity contribution is -0.126. The zero-order valence-electron chi connectivity index (χ0n) is 27.0. The lowest BCUT2D eigenvalue weighted by Crippen LogP contribution is -2.53. The fourth-order valence-corrected chi connectivity index (χ4v) is 9.61. The molecule has 5 rings (SSSR count). The lowest BCUT2D eigenvalue weighted by atomic mass is 9.44. The number of fused-ring (bicyclic) bond motifs is 5. The van der Waals surface area contributed by atoms with Gasteiger partial charge in [-0.1, -0.05) is 109 Å². The summed E-state index contributed by atoms with van der Waals surface area (Å²) in [6, 6.07) is 8.85. The Bertz CT molecular complexity index is 867. The SMILES string of the molecule is CC.CCCCCC.Cc1cccc(/C=C/CC[C@H]2CCC3C4CCC5C[C@H](O)CCC5(C)C4CCC32C)c1. The molecule has 39 heavy (non-hydrogen) atoms. The second kappa shape index (κ2) is 15.2. The molecule has 0 amide bonds. The van der Waals surface area contributed by atoms with E-state index in [1.807, 2.05) is 13.8 Å². The highest BCUT2D eigenvalue weighted by Gasteiger charge is 2.59. The summed E-state index contributed by atoms with van der Waals surface area (Å²) in [6.45, 7) is 15.9. The Balaban J connectivity index is 0.000000467. The number of allylic oxidation sites excluding steroid dienone is 1. The topological polar surface area (TPSA) is 20.2 Å². The third-order valence-electron chi connectivity index (χ3n) is 11.8. The molecule has 4 aliphatic carbocycles. The Labute approximate surface area is 243 Å². The summed E-state index contributed by atoms with van der Waals surface area (Å²) in [5, 5.41) is 10.3. The maximum absolute atomic E-state index is 10.3. The van der Waals surface area contributed by atoms with Crippen LogP contribution in [0, 0.1) is 47.3 Å². The third-order valence-corrected chi connectivity index (χ3v) is 11.8. The van der Waals surface area contributed by atoms with Gasteiger partial charge in [0.1, 0.15) is 0 Å². The molecule has 8 atom stereocenters. The van der Waals surface area contributed by atoms with Crippen LogP contribution >= 0.6 is 0 Å². The van der Waals surface area contributed by atoms with E-state index in [4.69, 9.17) is 0 Å².